The molecule has 3 aromatic rings. The molecule has 7 nitrogen and oxygen atoms in total. The van der Waals surface area contributed by atoms with Gasteiger partial charge < -0.3 is 20.4 Å². The van der Waals surface area contributed by atoms with E-state index in [1.165, 1.54) is 11.3 Å². The Morgan fingerprint density at radius 3 is 2.86 bits per heavy atom. The quantitative estimate of drug-likeness (QED) is 0.616. The van der Waals surface area contributed by atoms with E-state index in [2.05, 4.69) is 15.2 Å². The summed E-state index contributed by atoms with van der Waals surface area (Å²) < 4.78 is 5.90. The number of hydrogen-bond donors (Lipinski definition) is 2. The lowest BCUT2D eigenvalue weighted by atomic mass is 9.96. The van der Waals surface area contributed by atoms with Crippen LogP contribution in [0.15, 0.2) is 34.1 Å². The van der Waals surface area contributed by atoms with Crippen LogP contribution in [0.1, 0.15) is 41.4 Å². The summed E-state index contributed by atoms with van der Waals surface area (Å²) in [5.41, 5.74) is 7.20. The van der Waals surface area contributed by atoms with Crippen molar-refractivity contribution in [3.63, 3.8) is 0 Å². The summed E-state index contributed by atoms with van der Waals surface area (Å²) in [7, 11) is 0. The van der Waals surface area contributed by atoms with Crippen molar-refractivity contribution < 1.29 is 14.0 Å². The summed E-state index contributed by atoms with van der Waals surface area (Å²) in [5, 5.41) is 5.68. The number of piperidine rings is 1. The molecule has 0 atom stereocenters. The number of likely N-dealkylation sites (tertiary alicyclic amines) is 1. The third-order valence-electron chi connectivity index (χ3n) is 5.14. The molecule has 2 aromatic heterocycles. The fourth-order valence-corrected chi connectivity index (χ4v) is 4.52. The van der Waals surface area contributed by atoms with E-state index in [-0.39, 0.29) is 11.8 Å². The van der Waals surface area contributed by atoms with Crippen LogP contribution >= 0.6 is 22.9 Å². The predicted octanol–water partition coefficient (Wildman–Crippen LogP) is 3.85. The number of benzene rings is 1. The van der Waals surface area contributed by atoms with Gasteiger partial charge in [0.15, 0.2) is 11.5 Å². The van der Waals surface area contributed by atoms with Crippen molar-refractivity contribution in [3.05, 3.63) is 46.1 Å². The average molecular weight is 433 g/mol. The minimum Gasteiger partial charge on any atom is -0.440 e. The molecule has 0 saturated carbocycles. The number of carbonyl (C=O) groups excluding carboxylic acids is 2. The molecule has 1 aliphatic heterocycles. The smallest absolute Gasteiger partial charge is 0.251 e. The van der Waals surface area contributed by atoms with Gasteiger partial charge >= 0.3 is 0 Å². The summed E-state index contributed by atoms with van der Waals surface area (Å²) in [6.07, 6.45) is 2.22. The lowest BCUT2D eigenvalue weighted by molar-refractivity contribution is -0.116. The highest BCUT2D eigenvalue weighted by atomic mass is 35.5. The standard InChI is InChI=1S/C20H21ClN4O3S/c21-13-1-2-16-15(11-13)23-19(28-16)12-3-7-25(8-4-12)9-5-17(26)24-20-14(18(22)27)6-10-29-20/h1-2,6,10-12H,3-5,7-9H2,(H2,22,27)(H,24,26). The number of fused-ring (bicyclic) bond motifs is 1. The number of nitrogens with zero attached hydrogens (tertiary/aromatic N) is 2. The van der Waals surface area contributed by atoms with Gasteiger partial charge in [-0.3, -0.25) is 9.59 Å². The largest absolute Gasteiger partial charge is 0.440 e. The van der Waals surface area contributed by atoms with Gasteiger partial charge in [0.05, 0.1) is 5.56 Å². The van der Waals surface area contributed by atoms with E-state index in [0.29, 0.717) is 28.6 Å². The highest BCUT2D eigenvalue weighted by Gasteiger charge is 2.25. The van der Waals surface area contributed by atoms with Gasteiger partial charge in [-0.25, -0.2) is 4.98 Å². The van der Waals surface area contributed by atoms with Crippen molar-refractivity contribution >= 4 is 50.9 Å². The number of nitrogens with two attached hydrogens (primary N) is 1. The maximum atomic E-state index is 12.2. The Hall–Kier alpha value is -2.42. The SMILES string of the molecule is NC(=O)c1ccsc1NC(=O)CCN1CCC(c2nc3cc(Cl)ccc3o2)CC1. The van der Waals surface area contributed by atoms with Crippen LogP contribution in [0, 0.1) is 0 Å². The molecule has 0 aliphatic carbocycles. The van der Waals surface area contributed by atoms with E-state index in [4.69, 9.17) is 21.8 Å². The summed E-state index contributed by atoms with van der Waals surface area (Å²) in [4.78, 5) is 30.4. The van der Waals surface area contributed by atoms with E-state index < -0.39 is 5.91 Å². The molecule has 3 N–H and O–H groups in total. The Labute approximate surface area is 176 Å². The highest BCUT2D eigenvalue weighted by molar-refractivity contribution is 7.14. The van der Waals surface area contributed by atoms with Crippen molar-refractivity contribution in [2.24, 2.45) is 5.73 Å². The third-order valence-corrected chi connectivity index (χ3v) is 6.21. The first-order chi connectivity index (χ1) is 14.0. The third kappa shape index (κ3) is 4.60. The Balaban J connectivity index is 1.26. The summed E-state index contributed by atoms with van der Waals surface area (Å²) in [6, 6.07) is 7.08. The van der Waals surface area contributed by atoms with Crippen LogP contribution in [0.4, 0.5) is 5.00 Å². The number of halogens is 1. The van der Waals surface area contributed by atoms with E-state index in [1.807, 2.05) is 12.1 Å². The molecule has 1 aromatic carbocycles. The molecule has 1 aliphatic rings. The van der Waals surface area contributed by atoms with Crippen LogP contribution in [-0.4, -0.2) is 41.3 Å². The number of thiophene rings is 1. The summed E-state index contributed by atoms with van der Waals surface area (Å²) in [6.45, 7) is 2.42. The summed E-state index contributed by atoms with van der Waals surface area (Å²) in [5.74, 6) is 0.379. The molecule has 9 heteroatoms. The second-order valence-corrected chi connectivity index (χ2v) is 8.46. The molecule has 0 radical (unpaired) electrons. The Morgan fingerprint density at radius 2 is 2.10 bits per heavy atom. The number of nitrogens with one attached hydrogen (secondary N) is 1. The van der Waals surface area contributed by atoms with Gasteiger partial charge in [0, 0.05) is 23.9 Å². The Bertz CT molecular complexity index is 1040. The molecule has 3 heterocycles. The molecule has 152 valence electrons. The normalized spacial score (nSPS) is 15.6. The van der Waals surface area contributed by atoms with Crippen LogP contribution in [-0.2, 0) is 4.79 Å². The first kappa shape index (κ1) is 19.9. The lowest BCUT2D eigenvalue weighted by Crippen LogP contribution is -2.35. The second-order valence-electron chi connectivity index (χ2n) is 7.11. The molecule has 1 saturated heterocycles. The van der Waals surface area contributed by atoms with Crippen LogP contribution in [0.25, 0.3) is 11.1 Å². The number of anilines is 1. The molecular weight excluding hydrogens is 412 g/mol. The maximum absolute atomic E-state index is 12.2. The minimum atomic E-state index is -0.537. The second kappa shape index (κ2) is 8.52. The zero-order valence-corrected chi connectivity index (χ0v) is 17.3. The molecule has 1 fully saturated rings. The Morgan fingerprint density at radius 1 is 1.31 bits per heavy atom. The molecule has 2 amide bonds. The van der Waals surface area contributed by atoms with Crippen molar-refractivity contribution in [2.45, 2.75) is 25.2 Å². The molecular formula is C20H21ClN4O3S. The fraction of sp³-hybridized carbons (Fsp3) is 0.350. The van der Waals surface area contributed by atoms with Gasteiger partial charge in [-0.05, 0) is 55.6 Å². The van der Waals surface area contributed by atoms with E-state index >= 15 is 0 Å². The van der Waals surface area contributed by atoms with E-state index in [1.54, 1.807) is 17.5 Å². The van der Waals surface area contributed by atoms with E-state index in [0.717, 1.165) is 42.9 Å². The first-order valence-corrected chi connectivity index (χ1v) is 10.7. The summed E-state index contributed by atoms with van der Waals surface area (Å²) >= 11 is 7.31. The number of carbonyl (C=O) groups is 2. The number of aromatic nitrogens is 1. The van der Waals surface area contributed by atoms with Crippen molar-refractivity contribution in [2.75, 3.05) is 25.0 Å². The zero-order valence-electron chi connectivity index (χ0n) is 15.7. The minimum absolute atomic E-state index is 0.118. The van der Waals surface area contributed by atoms with Crippen molar-refractivity contribution in [1.29, 1.82) is 0 Å². The predicted molar refractivity (Wildman–Crippen MR) is 114 cm³/mol. The topological polar surface area (TPSA) is 101 Å². The highest BCUT2D eigenvalue weighted by Crippen LogP contribution is 2.31. The lowest BCUT2D eigenvalue weighted by Gasteiger charge is -2.30. The maximum Gasteiger partial charge on any atom is 0.251 e. The molecule has 0 unspecified atom stereocenters. The number of oxazole rings is 1. The number of hydrogen-bond acceptors (Lipinski definition) is 6. The Kier molecular flexibility index (Phi) is 5.84. The molecule has 29 heavy (non-hydrogen) atoms. The van der Waals surface area contributed by atoms with Gasteiger partial charge in [-0.1, -0.05) is 11.6 Å². The molecule has 0 bridgehead atoms. The van der Waals surface area contributed by atoms with Gasteiger partial charge in [0.2, 0.25) is 5.91 Å². The van der Waals surface area contributed by atoms with Gasteiger partial charge in [0.25, 0.3) is 5.91 Å². The number of primary amides is 1. The first-order valence-electron chi connectivity index (χ1n) is 9.45. The van der Waals surface area contributed by atoms with Gasteiger partial charge in [-0.2, -0.15) is 0 Å². The molecule has 4 rings (SSSR count). The van der Waals surface area contributed by atoms with E-state index in [9.17, 15) is 9.59 Å². The number of rotatable bonds is 6. The van der Waals surface area contributed by atoms with Crippen molar-refractivity contribution in [1.82, 2.24) is 9.88 Å². The van der Waals surface area contributed by atoms with Crippen LogP contribution in [0.3, 0.4) is 0 Å². The molecule has 0 spiro atoms. The average Bonchev–Trinajstić information content (AvgIpc) is 3.33. The zero-order chi connectivity index (χ0) is 20.4. The van der Waals surface area contributed by atoms with Gasteiger partial charge in [0.1, 0.15) is 10.5 Å². The number of amides is 2. The van der Waals surface area contributed by atoms with Crippen LogP contribution in [0.2, 0.25) is 5.02 Å². The van der Waals surface area contributed by atoms with Crippen LogP contribution in [0.5, 0.6) is 0 Å². The van der Waals surface area contributed by atoms with Gasteiger partial charge in [-0.15, -0.1) is 11.3 Å². The fourth-order valence-electron chi connectivity index (χ4n) is 3.55. The monoisotopic (exact) mass is 432 g/mol. The van der Waals surface area contributed by atoms with Crippen LogP contribution < -0.4 is 11.1 Å². The van der Waals surface area contributed by atoms with Crippen molar-refractivity contribution in [3.8, 4) is 0 Å².